The van der Waals surface area contributed by atoms with Crippen molar-refractivity contribution in [2.75, 3.05) is 24.2 Å². The topological polar surface area (TPSA) is 110 Å². The molecule has 1 aliphatic heterocycles. The number of sulfone groups is 1. The monoisotopic (exact) mass is 431 g/mol. The molecular formula is C21H25N3O5S. The van der Waals surface area contributed by atoms with Gasteiger partial charge in [-0.1, -0.05) is 29.8 Å². The summed E-state index contributed by atoms with van der Waals surface area (Å²) in [5, 5.41) is 14.1. The van der Waals surface area contributed by atoms with Gasteiger partial charge < -0.3 is 10.2 Å². The molecule has 0 radical (unpaired) electrons. The number of hydrogen-bond acceptors (Lipinski definition) is 6. The number of amides is 1. The van der Waals surface area contributed by atoms with Crippen molar-refractivity contribution in [3.05, 3.63) is 63.7 Å². The maximum atomic E-state index is 12.5. The SMILES string of the molecule is Cc1ccc(CNC(=O)C2CCN(c3ccc([N+](=O)[O-])c(S(C)(=O)=O)c3)CC2)cc1. The Morgan fingerprint density at radius 2 is 1.80 bits per heavy atom. The number of nitro groups is 1. The molecule has 160 valence electrons. The van der Waals surface area contributed by atoms with Crippen LogP contribution in [0.4, 0.5) is 11.4 Å². The van der Waals surface area contributed by atoms with Crippen LogP contribution in [-0.4, -0.2) is 38.6 Å². The summed E-state index contributed by atoms with van der Waals surface area (Å²) in [5.74, 6) is -0.102. The Balaban J connectivity index is 1.61. The van der Waals surface area contributed by atoms with Gasteiger partial charge in [0.15, 0.2) is 9.84 Å². The zero-order valence-electron chi connectivity index (χ0n) is 17.0. The molecule has 9 heteroatoms. The Morgan fingerprint density at radius 1 is 1.17 bits per heavy atom. The zero-order chi connectivity index (χ0) is 21.9. The summed E-state index contributed by atoms with van der Waals surface area (Å²) < 4.78 is 23.9. The van der Waals surface area contributed by atoms with Crippen molar-refractivity contribution in [2.24, 2.45) is 5.92 Å². The van der Waals surface area contributed by atoms with E-state index < -0.39 is 20.4 Å². The van der Waals surface area contributed by atoms with Crippen LogP contribution in [0.25, 0.3) is 0 Å². The largest absolute Gasteiger partial charge is 0.371 e. The Labute approximate surface area is 176 Å². The molecular weight excluding hydrogens is 406 g/mol. The Morgan fingerprint density at radius 3 is 2.37 bits per heavy atom. The lowest BCUT2D eigenvalue weighted by atomic mass is 9.95. The number of nitro benzene ring substituents is 1. The molecule has 1 aliphatic rings. The van der Waals surface area contributed by atoms with Gasteiger partial charge in [-0.2, -0.15) is 0 Å². The van der Waals surface area contributed by atoms with Crippen LogP contribution in [0.1, 0.15) is 24.0 Å². The first-order valence-electron chi connectivity index (χ1n) is 9.72. The van der Waals surface area contributed by atoms with Crippen LogP contribution in [0, 0.1) is 23.0 Å². The van der Waals surface area contributed by atoms with Gasteiger partial charge in [-0.15, -0.1) is 0 Å². The summed E-state index contributed by atoms with van der Waals surface area (Å²) in [6, 6.07) is 12.1. The third-order valence-corrected chi connectivity index (χ3v) is 6.48. The summed E-state index contributed by atoms with van der Waals surface area (Å²) in [5.41, 5.74) is 2.40. The molecule has 0 aliphatic carbocycles. The third kappa shape index (κ3) is 5.15. The highest BCUT2D eigenvalue weighted by Gasteiger charge is 2.28. The molecule has 2 aromatic carbocycles. The van der Waals surface area contributed by atoms with Crippen LogP contribution < -0.4 is 10.2 Å². The van der Waals surface area contributed by atoms with Gasteiger partial charge >= 0.3 is 0 Å². The van der Waals surface area contributed by atoms with Crippen LogP contribution in [-0.2, 0) is 21.2 Å². The number of anilines is 1. The Kier molecular flexibility index (Phi) is 6.40. The molecule has 3 rings (SSSR count). The summed E-state index contributed by atoms with van der Waals surface area (Å²) in [6.45, 7) is 3.65. The van der Waals surface area contributed by atoms with Gasteiger partial charge in [0.25, 0.3) is 5.69 Å². The van der Waals surface area contributed by atoms with Gasteiger partial charge in [0, 0.05) is 43.6 Å². The van der Waals surface area contributed by atoms with Gasteiger partial charge in [-0.25, -0.2) is 8.42 Å². The third-order valence-electron chi connectivity index (χ3n) is 5.36. The van der Waals surface area contributed by atoms with Gasteiger partial charge in [0.2, 0.25) is 5.91 Å². The minimum absolute atomic E-state index is 0.00995. The molecule has 1 fully saturated rings. The number of benzene rings is 2. The van der Waals surface area contributed by atoms with Crippen molar-refractivity contribution in [3.8, 4) is 0 Å². The lowest BCUT2D eigenvalue weighted by Gasteiger charge is -2.33. The number of hydrogen-bond donors (Lipinski definition) is 1. The van der Waals surface area contributed by atoms with E-state index in [2.05, 4.69) is 5.32 Å². The first-order valence-corrected chi connectivity index (χ1v) is 11.6. The minimum atomic E-state index is -3.73. The average Bonchev–Trinajstić information content (AvgIpc) is 2.72. The van der Waals surface area contributed by atoms with Gasteiger partial charge in [-0.05, 0) is 37.5 Å². The molecule has 8 nitrogen and oxygen atoms in total. The van der Waals surface area contributed by atoms with E-state index in [-0.39, 0.29) is 16.7 Å². The summed E-state index contributed by atoms with van der Waals surface area (Å²) in [6.07, 6.45) is 2.22. The average molecular weight is 432 g/mol. The van der Waals surface area contributed by atoms with E-state index in [1.54, 1.807) is 6.07 Å². The number of aryl methyl sites for hydroxylation is 1. The molecule has 1 saturated heterocycles. The Hall–Kier alpha value is -2.94. The number of nitrogens with zero attached hydrogens (tertiary/aromatic N) is 2. The minimum Gasteiger partial charge on any atom is -0.371 e. The molecule has 1 amide bonds. The highest BCUT2D eigenvalue weighted by molar-refractivity contribution is 7.90. The van der Waals surface area contributed by atoms with Crippen molar-refractivity contribution in [1.82, 2.24) is 5.32 Å². The normalized spacial score (nSPS) is 15.1. The van der Waals surface area contributed by atoms with Crippen molar-refractivity contribution in [1.29, 1.82) is 0 Å². The summed E-state index contributed by atoms with van der Waals surface area (Å²) >= 11 is 0. The summed E-state index contributed by atoms with van der Waals surface area (Å²) in [7, 11) is -3.73. The van der Waals surface area contributed by atoms with Crippen LogP contribution in [0.15, 0.2) is 47.4 Å². The van der Waals surface area contributed by atoms with E-state index in [0.717, 1.165) is 11.8 Å². The van der Waals surface area contributed by atoms with Crippen LogP contribution in [0.3, 0.4) is 0 Å². The number of carbonyl (C=O) groups excluding carboxylic acids is 1. The highest BCUT2D eigenvalue weighted by Crippen LogP contribution is 2.31. The van der Waals surface area contributed by atoms with Gasteiger partial charge in [0.05, 0.1) is 4.92 Å². The molecule has 0 atom stereocenters. The maximum Gasteiger partial charge on any atom is 0.288 e. The second kappa shape index (κ2) is 8.83. The quantitative estimate of drug-likeness (QED) is 0.556. The molecule has 0 unspecified atom stereocenters. The number of piperidine rings is 1. The van der Waals surface area contributed by atoms with E-state index in [1.807, 2.05) is 36.1 Å². The lowest BCUT2D eigenvalue weighted by molar-refractivity contribution is -0.387. The number of rotatable bonds is 6. The molecule has 2 aromatic rings. The van der Waals surface area contributed by atoms with Gasteiger partial charge in [-0.3, -0.25) is 14.9 Å². The molecule has 30 heavy (non-hydrogen) atoms. The first kappa shape index (κ1) is 21.8. The fraction of sp³-hybridized carbons (Fsp3) is 0.381. The highest BCUT2D eigenvalue weighted by atomic mass is 32.2. The molecule has 0 saturated carbocycles. The van der Waals surface area contributed by atoms with Crippen LogP contribution in [0.5, 0.6) is 0 Å². The maximum absolute atomic E-state index is 12.5. The lowest BCUT2D eigenvalue weighted by Crippen LogP contribution is -2.40. The molecule has 0 bridgehead atoms. The van der Waals surface area contributed by atoms with Crippen LogP contribution >= 0.6 is 0 Å². The fourth-order valence-electron chi connectivity index (χ4n) is 3.59. The standard InChI is InChI=1S/C21H25N3O5S/c1-15-3-5-16(6-4-15)14-22-21(25)17-9-11-23(12-10-17)18-7-8-19(24(26)27)20(13-18)30(2,28)29/h3-8,13,17H,9-12,14H2,1-2H3,(H,22,25). The van der Waals surface area contributed by atoms with Crippen molar-refractivity contribution in [3.63, 3.8) is 0 Å². The van der Waals surface area contributed by atoms with Crippen LogP contribution in [0.2, 0.25) is 0 Å². The van der Waals surface area contributed by atoms with E-state index in [1.165, 1.54) is 17.7 Å². The molecule has 1 heterocycles. The second-order valence-electron chi connectivity index (χ2n) is 7.65. The first-order chi connectivity index (χ1) is 14.1. The molecule has 0 spiro atoms. The van der Waals surface area contributed by atoms with Crippen molar-refractivity contribution >= 4 is 27.1 Å². The zero-order valence-corrected chi connectivity index (χ0v) is 17.8. The van der Waals surface area contributed by atoms with Crippen molar-refractivity contribution in [2.45, 2.75) is 31.2 Å². The molecule has 0 aromatic heterocycles. The molecule has 1 N–H and O–H groups in total. The van der Waals surface area contributed by atoms with Crippen molar-refractivity contribution < 1.29 is 18.1 Å². The van der Waals surface area contributed by atoms with Gasteiger partial charge in [0.1, 0.15) is 4.90 Å². The summed E-state index contributed by atoms with van der Waals surface area (Å²) in [4.78, 5) is 24.6. The predicted molar refractivity (Wildman–Crippen MR) is 114 cm³/mol. The Bertz CT molecular complexity index is 1040. The number of nitrogens with one attached hydrogen (secondary N) is 1. The second-order valence-corrected chi connectivity index (χ2v) is 9.63. The van der Waals surface area contributed by atoms with E-state index >= 15 is 0 Å². The van der Waals surface area contributed by atoms with E-state index in [4.69, 9.17) is 0 Å². The van der Waals surface area contributed by atoms with E-state index in [0.29, 0.717) is 38.2 Å². The predicted octanol–water partition coefficient (Wildman–Crippen LogP) is 2.84. The number of carbonyl (C=O) groups is 1. The smallest absolute Gasteiger partial charge is 0.288 e. The fourth-order valence-corrected chi connectivity index (χ4v) is 4.44. The van der Waals surface area contributed by atoms with E-state index in [9.17, 15) is 23.3 Å².